The number of aromatic nitrogens is 2. The minimum absolute atomic E-state index is 0.116. The lowest BCUT2D eigenvalue weighted by Gasteiger charge is -2.21. The van der Waals surface area contributed by atoms with Crippen LogP contribution < -0.4 is 11.1 Å². The molecule has 3 aromatic rings. The van der Waals surface area contributed by atoms with E-state index in [4.69, 9.17) is 4.52 Å². The zero-order valence-electron chi connectivity index (χ0n) is 15.5. The third kappa shape index (κ3) is 4.73. The Morgan fingerprint density at radius 2 is 1.70 bits per heavy atom. The third-order valence-electron chi connectivity index (χ3n) is 4.26. The molecule has 0 bridgehead atoms. The molecule has 2 aromatic carbocycles. The van der Waals surface area contributed by atoms with Gasteiger partial charge in [-0.2, -0.15) is 0 Å². The first-order chi connectivity index (χ1) is 13.0. The van der Waals surface area contributed by atoms with E-state index in [1.807, 2.05) is 60.7 Å². The molecule has 0 aliphatic heterocycles. The SMILES string of the molecule is CC(C)CC(NC(=O)Cn1c(-c2ccccc2)noc1=O)c1ccccc1. The van der Waals surface area contributed by atoms with Crippen molar-refractivity contribution in [2.75, 3.05) is 0 Å². The van der Waals surface area contributed by atoms with Crippen molar-refractivity contribution in [1.29, 1.82) is 0 Å². The lowest BCUT2D eigenvalue weighted by molar-refractivity contribution is -0.122. The van der Waals surface area contributed by atoms with E-state index < -0.39 is 5.76 Å². The highest BCUT2D eigenvalue weighted by Crippen LogP contribution is 2.21. The molecule has 1 amide bonds. The summed E-state index contributed by atoms with van der Waals surface area (Å²) in [7, 11) is 0. The van der Waals surface area contributed by atoms with Crippen LogP contribution in [0.15, 0.2) is 70.0 Å². The smallest absolute Gasteiger partial charge is 0.348 e. The van der Waals surface area contributed by atoms with Crippen molar-refractivity contribution in [1.82, 2.24) is 15.0 Å². The average molecular weight is 365 g/mol. The van der Waals surface area contributed by atoms with Crippen LogP contribution in [0.5, 0.6) is 0 Å². The highest BCUT2D eigenvalue weighted by atomic mass is 16.5. The molecule has 0 saturated carbocycles. The zero-order chi connectivity index (χ0) is 19.2. The van der Waals surface area contributed by atoms with Crippen molar-refractivity contribution in [2.24, 2.45) is 5.92 Å². The van der Waals surface area contributed by atoms with Crippen LogP contribution in [-0.2, 0) is 11.3 Å². The molecule has 1 N–H and O–H groups in total. The fourth-order valence-corrected chi connectivity index (χ4v) is 3.02. The van der Waals surface area contributed by atoms with Crippen LogP contribution in [0.1, 0.15) is 31.9 Å². The zero-order valence-corrected chi connectivity index (χ0v) is 15.5. The molecular formula is C21H23N3O3. The second kappa shape index (κ2) is 8.49. The van der Waals surface area contributed by atoms with E-state index in [0.29, 0.717) is 11.7 Å². The molecule has 3 rings (SSSR count). The Balaban J connectivity index is 1.79. The van der Waals surface area contributed by atoms with Crippen molar-refractivity contribution in [3.63, 3.8) is 0 Å². The van der Waals surface area contributed by atoms with Crippen LogP contribution in [0.2, 0.25) is 0 Å². The van der Waals surface area contributed by atoms with E-state index in [9.17, 15) is 9.59 Å². The van der Waals surface area contributed by atoms with Gasteiger partial charge < -0.3 is 5.32 Å². The van der Waals surface area contributed by atoms with Crippen molar-refractivity contribution >= 4 is 5.91 Å². The number of carbonyl (C=O) groups excluding carboxylic acids is 1. The summed E-state index contributed by atoms with van der Waals surface area (Å²) in [5, 5.41) is 6.86. The number of rotatable bonds is 7. The number of nitrogens with one attached hydrogen (secondary N) is 1. The maximum Gasteiger partial charge on any atom is 0.442 e. The first-order valence-corrected chi connectivity index (χ1v) is 9.01. The summed E-state index contributed by atoms with van der Waals surface area (Å²) in [5.41, 5.74) is 1.76. The maximum atomic E-state index is 12.7. The number of nitrogens with zero attached hydrogens (tertiary/aromatic N) is 2. The van der Waals surface area contributed by atoms with Crippen LogP contribution in [0.3, 0.4) is 0 Å². The molecule has 0 radical (unpaired) electrons. The number of hydrogen-bond acceptors (Lipinski definition) is 4. The Morgan fingerprint density at radius 1 is 1.07 bits per heavy atom. The summed E-state index contributed by atoms with van der Waals surface area (Å²) < 4.78 is 6.03. The lowest BCUT2D eigenvalue weighted by Crippen LogP contribution is -2.34. The van der Waals surface area contributed by atoms with Gasteiger partial charge in [-0.05, 0) is 17.9 Å². The molecule has 140 valence electrons. The second-order valence-corrected chi connectivity index (χ2v) is 6.88. The Labute approximate surface area is 157 Å². The Bertz CT molecular complexity index is 930. The summed E-state index contributed by atoms with van der Waals surface area (Å²) in [6.45, 7) is 4.08. The largest absolute Gasteiger partial charge is 0.442 e. The van der Waals surface area contributed by atoms with Crippen molar-refractivity contribution in [3.05, 3.63) is 76.8 Å². The molecule has 0 saturated heterocycles. The van der Waals surface area contributed by atoms with Crippen molar-refractivity contribution < 1.29 is 9.32 Å². The minimum atomic E-state index is -0.649. The topological polar surface area (TPSA) is 77.1 Å². The molecule has 6 heteroatoms. The van der Waals surface area contributed by atoms with Gasteiger partial charge in [0.25, 0.3) is 0 Å². The van der Waals surface area contributed by atoms with E-state index in [1.54, 1.807) is 0 Å². The molecule has 0 spiro atoms. The Kier molecular flexibility index (Phi) is 5.86. The Morgan fingerprint density at radius 3 is 2.33 bits per heavy atom. The van der Waals surface area contributed by atoms with Gasteiger partial charge >= 0.3 is 5.76 Å². The van der Waals surface area contributed by atoms with Crippen molar-refractivity contribution in [3.8, 4) is 11.4 Å². The molecule has 27 heavy (non-hydrogen) atoms. The van der Waals surface area contributed by atoms with Gasteiger partial charge in [-0.1, -0.05) is 79.7 Å². The predicted octanol–water partition coefficient (Wildman–Crippen LogP) is 3.41. The quantitative estimate of drug-likeness (QED) is 0.696. The summed E-state index contributed by atoms with van der Waals surface area (Å²) in [5.74, 6) is -0.152. The van der Waals surface area contributed by atoms with Gasteiger partial charge in [-0.15, -0.1) is 0 Å². The van der Waals surface area contributed by atoms with E-state index in [2.05, 4.69) is 24.3 Å². The van der Waals surface area contributed by atoms with Gasteiger partial charge in [0, 0.05) is 5.56 Å². The van der Waals surface area contributed by atoms with Gasteiger partial charge in [0.15, 0.2) is 5.82 Å². The van der Waals surface area contributed by atoms with Gasteiger partial charge in [0.1, 0.15) is 6.54 Å². The normalized spacial score (nSPS) is 12.1. The first-order valence-electron chi connectivity index (χ1n) is 9.01. The van der Waals surface area contributed by atoms with Gasteiger partial charge in [0.05, 0.1) is 6.04 Å². The van der Waals surface area contributed by atoms with Crippen LogP contribution in [0.25, 0.3) is 11.4 Å². The molecule has 1 aromatic heterocycles. The molecule has 0 aliphatic rings. The predicted molar refractivity (Wildman–Crippen MR) is 103 cm³/mol. The minimum Gasteiger partial charge on any atom is -0.348 e. The van der Waals surface area contributed by atoms with E-state index in [-0.39, 0.29) is 18.5 Å². The summed E-state index contributed by atoms with van der Waals surface area (Å²) in [4.78, 5) is 24.7. The third-order valence-corrected chi connectivity index (χ3v) is 4.26. The standard InChI is InChI=1S/C21H23N3O3/c1-15(2)13-18(16-9-5-3-6-10-16)22-19(25)14-24-20(23-27-21(24)26)17-11-7-4-8-12-17/h3-12,15,18H,13-14H2,1-2H3,(H,22,25). The van der Waals surface area contributed by atoms with Crippen LogP contribution >= 0.6 is 0 Å². The number of amides is 1. The van der Waals surface area contributed by atoms with E-state index >= 15 is 0 Å². The van der Waals surface area contributed by atoms with E-state index in [0.717, 1.165) is 17.5 Å². The van der Waals surface area contributed by atoms with Gasteiger partial charge in [0.2, 0.25) is 5.91 Å². The summed E-state index contributed by atoms with van der Waals surface area (Å²) >= 11 is 0. The molecule has 1 atom stereocenters. The monoisotopic (exact) mass is 365 g/mol. The molecule has 0 fully saturated rings. The fourth-order valence-electron chi connectivity index (χ4n) is 3.02. The average Bonchev–Trinajstić information content (AvgIpc) is 3.03. The number of benzene rings is 2. The summed E-state index contributed by atoms with van der Waals surface area (Å²) in [6.07, 6.45) is 0.805. The lowest BCUT2D eigenvalue weighted by atomic mass is 9.97. The van der Waals surface area contributed by atoms with Gasteiger partial charge in [-0.25, -0.2) is 9.36 Å². The number of hydrogen-bond donors (Lipinski definition) is 1. The molecule has 0 aliphatic carbocycles. The molecule has 1 unspecified atom stereocenters. The molecule has 1 heterocycles. The maximum absolute atomic E-state index is 12.7. The summed E-state index contributed by atoms with van der Waals surface area (Å²) in [6, 6.07) is 18.9. The van der Waals surface area contributed by atoms with Crippen LogP contribution in [0, 0.1) is 5.92 Å². The highest BCUT2D eigenvalue weighted by Gasteiger charge is 2.19. The Hall–Kier alpha value is -3.15. The first kappa shape index (κ1) is 18.6. The van der Waals surface area contributed by atoms with E-state index in [1.165, 1.54) is 4.57 Å². The second-order valence-electron chi connectivity index (χ2n) is 6.88. The van der Waals surface area contributed by atoms with Gasteiger partial charge in [-0.3, -0.25) is 9.32 Å². The number of carbonyl (C=O) groups is 1. The molecular weight excluding hydrogens is 342 g/mol. The highest BCUT2D eigenvalue weighted by molar-refractivity contribution is 5.77. The van der Waals surface area contributed by atoms with Crippen molar-refractivity contribution in [2.45, 2.75) is 32.9 Å². The fraction of sp³-hybridized carbons (Fsp3) is 0.286. The van der Waals surface area contributed by atoms with Crippen LogP contribution in [-0.4, -0.2) is 15.6 Å². The molecule has 6 nitrogen and oxygen atoms in total. The van der Waals surface area contributed by atoms with Crippen LogP contribution in [0.4, 0.5) is 0 Å².